The largest absolute Gasteiger partial charge is 0.396 e. The molecule has 2 aliphatic rings. The van der Waals surface area contributed by atoms with Crippen LogP contribution in [0.25, 0.3) is 0 Å². The lowest BCUT2D eigenvalue weighted by Gasteiger charge is -2.13. The zero-order valence-corrected chi connectivity index (χ0v) is 9.59. The maximum Gasteiger partial charge on any atom is 0.293 e. The van der Waals surface area contributed by atoms with Gasteiger partial charge in [0.05, 0.1) is 0 Å². The first-order valence-corrected chi connectivity index (χ1v) is 6.10. The summed E-state index contributed by atoms with van der Waals surface area (Å²) >= 11 is 0. The molecule has 1 aliphatic heterocycles. The summed E-state index contributed by atoms with van der Waals surface area (Å²) in [5.74, 6) is 1.68. The van der Waals surface area contributed by atoms with E-state index in [9.17, 15) is 4.79 Å². The number of carbonyl (C=O) groups excluding carboxylic acids is 1. The Balaban J connectivity index is 1.68. The Labute approximate surface area is 99.0 Å². The van der Waals surface area contributed by atoms with Gasteiger partial charge in [-0.25, -0.2) is 4.98 Å². The highest BCUT2D eigenvalue weighted by atomic mass is 16.3. The molecule has 1 amide bonds. The zero-order chi connectivity index (χ0) is 11.8. The zero-order valence-electron chi connectivity index (χ0n) is 9.59. The number of aliphatic hydroxyl groups is 1. The molecule has 6 nitrogen and oxygen atoms in total. The Morgan fingerprint density at radius 2 is 2.29 bits per heavy atom. The predicted octanol–water partition coefficient (Wildman–Crippen LogP) is 0.136. The molecule has 1 aliphatic carbocycles. The molecule has 17 heavy (non-hydrogen) atoms. The van der Waals surface area contributed by atoms with Crippen LogP contribution in [-0.2, 0) is 0 Å². The van der Waals surface area contributed by atoms with Gasteiger partial charge >= 0.3 is 0 Å². The van der Waals surface area contributed by atoms with E-state index in [1.807, 2.05) is 0 Å². The maximum absolute atomic E-state index is 12.1. The molecule has 1 unspecified atom stereocenters. The first-order valence-electron chi connectivity index (χ1n) is 6.10. The van der Waals surface area contributed by atoms with Crippen LogP contribution < -0.4 is 0 Å². The predicted molar refractivity (Wildman–Crippen MR) is 59.5 cm³/mol. The van der Waals surface area contributed by atoms with Crippen molar-refractivity contribution < 1.29 is 9.90 Å². The molecule has 6 heteroatoms. The standard InChI is InChI=1S/C11H16N4O2/c16-6-7-3-4-15(5-7)11(17)10-12-9(13-14-10)8-1-2-8/h7-8,16H,1-6H2,(H,12,13,14). The van der Waals surface area contributed by atoms with E-state index < -0.39 is 0 Å². The minimum absolute atomic E-state index is 0.121. The molecule has 0 aromatic carbocycles. The number of hydrogen-bond donors (Lipinski definition) is 2. The van der Waals surface area contributed by atoms with Gasteiger partial charge in [-0.15, -0.1) is 5.10 Å². The minimum Gasteiger partial charge on any atom is -0.396 e. The van der Waals surface area contributed by atoms with Crippen molar-refractivity contribution in [2.45, 2.75) is 25.2 Å². The highest BCUT2D eigenvalue weighted by molar-refractivity contribution is 5.90. The van der Waals surface area contributed by atoms with Gasteiger partial charge in [0.1, 0.15) is 5.82 Å². The highest BCUT2D eigenvalue weighted by Crippen LogP contribution is 2.37. The fraction of sp³-hybridized carbons (Fsp3) is 0.727. The van der Waals surface area contributed by atoms with E-state index in [0.717, 1.165) is 25.1 Å². The SMILES string of the molecule is O=C(c1n[nH]c(C2CC2)n1)N1CCC(CO)C1. The molecule has 3 rings (SSSR count). The molecule has 2 N–H and O–H groups in total. The first-order chi connectivity index (χ1) is 8.28. The van der Waals surface area contributed by atoms with Crippen LogP contribution in [0.2, 0.25) is 0 Å². The topological polar surface area (TPSA) is 82.1 Å². The fourth-order valence-electron chi connectivity index (χ4n) is 2.22. The second-order valence-electron chi connectivity index (χ2n) is 4.91. The molecule has 2 heterocycles. The number of H-pyrrole nitrogens is 1. The number of carbonyl (C=O) groups is 1. The molecular weight excluding hydrogens is 220 g/mol. The van der Waals surface area contributed by atoms with Crippen molar-refractivity contribution in [2.75, 3.05) is 19.7 Å². The number of nitrogens with zero attached hydrogens (tertiary/aromatic N) is 3. The number of amides is 1. The van der Waals surface area contributed by atoms with E-state index in [1.165, 1.54) is 0 Å². The van der Waals surface area contributed by atoms with Crippen molar-refractivity contribution in [1.29, 1.82) is 0 Å². The maximum atomic E-state index is 12.1. The molecule has 92 valence electrons. The van der Waals surface area contributed by atoms with Crippen LogP contribution in [0, 0.1) is 5.92 Å². The lowest BCUT2D eigenvalue weighted by molar-refractivity contribution is 0.0770. The number of aromatic amines is 1. The van der Waals surface area contributed by atoms with E-state index in [0.29, 0.717) is 19.0 Å². The van der Waals surface area contributed by atoms with Gasteiger partial charge in [0.25, 0.3) is 5.91 Å². The van der Waals surface area contributed by atoms with Crippen molar-refractivity contribution in [1.82, 2.24) is 20.1 Å². The summed E-state index contributed by atoms with van der Waals surface area (Å²) in [6.07, 6.45) is 3.14. The summed E-state index contributed by atoms with van der Waals surface area (Å²) < 4.78 is 0. The highest BCUT2D eigenvalue weighted by Gasteiger charge is 2.31. The number of hydrogen-bond acceptors (Lipinski definition) is 4. The van der Waals surface area contributed by atoms with Crippen LogP contribution in [-0.4, -0.2) is 50.8 Å². The van der Waals surface area contributed by atoms with Gasteiger partial charge in [-0.05, 0) is 19.3 Å². The summed E-state index contributed by atoms with van der Waals surface area (Å²) in [6.45, 7) is 1.45. The number of likely N-dealkylation sites (tertiary alicyclic amines) is 1. The third-order valence-electron chi connectivity index (χ3n) is 3.49. The molecule has 0 bridgehead atoms. The molecule has 0 radical (unpaired) electrons. The first kappa shape index (κ1) is 10.7. The van der Waals surface area contributed by atoms with E-state index in [1.54, 1.807) is 4.90 Å². The van der Waals surface area contributed by atoms with Gasteiger partial charge in [-0.3, -0.25) is 9.89 Å². The average Bonchev–Trinajstić information content (AvgIpc) is 2.93. The number of rotatable bonds is 3. The van der Waals surface area contributed by atoms with Crippen LogP contribution >= 0.6 is 0 Å². The van der Waals surface area contributed by atoms with Crippen LogP contribution in [0.15, 0.2) is 0 Å². The van der Waals surface area contributed by atoms with E-state index in [-0.39, 0.29) is 24.3 Å². The van der Waals surface area contributed by atoms with Gasteiger partial charge in [0, 0.05) is 31.5 Å². The molecule has 0 spiro atoms. The third kappa shape index (κ3) is 2.04. The minimum atomic E-state index is -0.121. The van der Waals surface area contributed by atoms with Crippen LogP contribution in [0.3, 0.4) is 0 Å². The Morgan fingerprint density at radius 3 is 2.94 bits per heavy atom. The number of aromatic nitrogens is 3. The smallest absolute Gasteiger partial charge is 0.293 e. The monoisotopic (exact) mass is 236 g/mol. The second kappa shape index (κ2) is 4.10. The molecule has 1 saturated heterocycles. The number of aliphatic hydroxyl groups excluding tert-OH is 1. The molecule has 1 saturated carbocycles. The Bertz CT molecular complexity index is 427. The quantitative estimate of drug-likeness (QED) is 0.782. The van der Waals surface area contributed by atoms with Crippen molar-refractivity contribution in [2.24, 2.45) is 5.92 Å². The molecular formula is C11H16N4O2. The van der Waals surface area contributed by atoms with Gasteiger partial charge in [-0.2, -0.15) is 0 Å². The lowest BCUT2D eigenvalue weighted by atomic mass is 10.1. The molecule has 1 atom stereocenters. The molecule has 2 fully saturated rings. The van der Waals surface area contributed by atoms with Crippen LogP contribution in [0.5, 0.6) is 0 Å². The Kier molecular flexibility index (Phi) is 2.58. The molecule has 1 aromatic heterocycles. The van der Waals surface area contributed by atoms with Crippen molar-refractivity contribution >= 4 is 5.91 Å². The van der Waals surface area contributed by atoms with Gasteiger partial charge in [0.2, 0.25) is 5.82 Å². The average molecular weight is 236 g/mol. The summed E-state index contributed by atoms with van der Waals surface area (Å²) in [5, 5.41) is 15.9. The van der Waals surface area contributed by atoms with Gasteiger partial charge < -0.3 is 10.0 Å². The fourth-order valence-corrected chi connectivity index (χ4v) is 2.22. The van der Waals surface area contributed by atoms with Crippen molar-refractivity contribution in [3.05, 3.63) is 11.6 Å². The summed E-state index contributed by atoms with van der Waals surface area (Å²) in [4.78, 5) is 18.0. The lowest BCUT2D eigenvalue weighted by Crippen LogP contribution is -2.30. The van der Waals surface area contributed by atoms with E-state index in [2.05, 4.69) is 15.2 Å². The summed E-state index contributed by atoms with van der Waals surface area (Å²) in [5.41, 5.74) is 0. The normalized spacial score (nSPS) is 24.3. The van der Waals surface area contributed by atoms with Crippen LogP contribution in [0.4, 0.5) is 0 Å². The number of nitrogens with one attached hydrogen (secondary N) is 1. The summed E-state index contributed by atoms with van der Waals surface area (Å²) in [7, 11) is 0. The summed E-state index contributed by atoms with van der Waals surface area (Å²) in [6, 6.07) is 0. The Morgan fingerprint density at radius 1 is 1.47 bits per heavy atom. The van der Waals surface area contributed by atoms with Crippen molar-refractivity contribution in [3.8, 4) is 0 Å². The molecule has 1 aromatic rings. The third-order valence-corrected chi connectivity index (χ3v) is 3.49. The second-order valence-corrected chi connectivity index (χ2v) is 4.91. The van der Waals surface area contributed by atoms with Gasteiger partial charge in [-0.1, -0.05) is 0 Å². The van der Waals surface area contributed by atoms with E-state index >= 15 is 0 Å². The van der Waals surface area contributed by atoms with Crippen molar-refractivity contribution in [3.63, 3.8) is 0 Å². The van der Waals surface area contributed by atoms with E-state index in [4.69, 9.17) is 5.11 Å². The van der Waals surface area contributed by atoms with Gasteiger partial charge in [0.15, 0.2) is 0 Å². The van der Waals surface area contributed by atoms with Crippen LogP contribution in [0.1, 0.15) is 41.6 Å². The Hall–Kier alpha value is -1.43.